The highest BCUT2D eigenvalue weighted by atomic mass is 19.4. The lowest BCUT2D eigenvalue weighted by Gasteiger charge is -2.22. The molecule has 0 amide bonds. The van der Waals surface area contributed by atoms with Crippen LogP contribution in [0.3, 0.4) is 0 Å². The summed E-state index contributed by atoms with van der Waals surface area (Å²) in [6.45, 7) is 4.51. The fourth-order valence-electron chi connectivity index (χ4n) is 2.07. The number of hydrogen-bond acceptors (Lipinski definition) is 2. The van der Waals surface area contributed by atoms with Crippen LogP contribution in [0.15, 0.2) is 4.99 Å². The van der Waals surface area contributed by atoms with E-state index in [0.29, 0.717) is 13.1 Å². The van der Waals surface area contributed by atoms with Gasteiger partial charge in [0, 0.05) is 26.2 Å². The Kier molecular flexibility index (Phi) is 6.41. The summed E-state index contributed by atoms with van der Waals surface area (Å²) in [5.74, 6) is 0.820. The van der Waals surface area contributed by atoms with Crippen molar-refractivity contribution in [1.29, 1.82) is 0 Å². The van der Waals surface area contributed by atoms with Gasteiger partial charge in [-0.05, 0) is 26.8 Å². The first-order valence-electron chi connectivity index (χ1n) is 6.71. The van der Waals surface area contributed by atoms with E-state index in [2.05, 4.69) is 15.2 Å². The number of hydrogen-bond donors (Lipinski definition) is 1. The Hall–Kier alpha value is -0.980. The molecule has 0 bridgehead atoms. The summed E-state index contributed by atoms with van der Waals surface area (Å²) in [4.78, 5) is 7.79. The number of guanidine groups is 1. The summed E-state index contributed by atoms with van der Waals surface area (Å²) in [5.41, 5.74) is 0. The number of likely N-dealkylation sites (tertiary alicyclic amines) is 1. The van der Waals surface area contributed by atoms with E-state index in [1.54, 1.807) is 0 Å². The summed E-state index contributed by atoms with van der Waals surface area (Å²) < 4.78 is 36.5. The largest absolute Gasteiger partial charge is 0.401 e. The number of rotatable bonds is 5. The molecule has 1 rings (SSSR count). The average Bonchev–Trinajstić information content (AvgIpc) is 2.78. The molecule has 1 aliphatic heterocycles. The minimum absolute atomic E-state index is 0.308. The first-order valence-corrected chi connectivity index (χ1v) is 6.71. The molecule has 0 atom stereocenters. The molecule has 0 aliphatic carbocycles. The van der Waals surface area contributed by atoms with Gasteiger partial charge in [0.25, 0.3) is 0 Å². The highest BCUT2D eigenvalue weighted by molar-refractivity contribution is 5.80. The first kappa shape index (κ1) is 16.1. The van der Waals surface area contributed by atoms with Crippen molar-refractivity contribution in [3.8, 4) is 0 Å². The van der Waals surface area contributed by atoms with Crippen LogP contribution in [0.1, 0.15) is 19.8 Å². The smallest absolute Gasteiger partial charge is 0.357 e. The zero-order valence-electron chi connectivity index (χ0n) is 11.6. The molecule has 0 spiro atoms. The molecule has 1 N–H and O–H groups in total. The molecule has 0 aromatic carbocycles. The van der Waals surface area contributed by atoms with Gasteiger partial charge in [0.05, 0.1) is 13.1 Å². The third kappa shape index (κ3) is 6.66. The Bertz CT molecular complexity index is 285. The molecule has 112 valence electrons. The van der Waals surface area contributed by atoms with E-state index in [0.717, 1.165) is 38.4 Å². The van der Waals surface area contributed by atoms with Crippen LogP contribution in [0.4, 0.5) is 13.2 Å². The lowest BCUT2D eigenvalue weighted by molar-refractivity contribution is -0.142. The monoisotopic (exact) mass is 280 g/mol. The highest BCUT2D eigenvalue weighted by Gasteiger charge is 2.28. The number of alkyl halides is 3. The second kappa shape index (κ2) is 7.57. The van der Waals surface area contributed by atoms with Crippen LogP contribution >= 0.6 is 0 Å². The SMILES string of the molecule is CCNC(=NCCN(C)CC(F)(F)F)N1CCCC1. The Morgan fingerprint density at radius 2 is 1.95 bits per heavy atom. The van der Waals surface area contributed by atoms with E-state index in [-0.39, 0.29) is 0 Å². The maximum absolute atomic E-state index is 12.2. The summed E-state index contributed by atoms with van der Waals surface area (Å²) >= 11 is 0. The van der Waals surface area contributed by atoms with Crippen molar-refractivity contribution in [1.82, 2.24) is 15.1 Å². The van der Waals surface area contributed by atoms with Crippen molar-refractivity contribution in [3.05, 3.63) is 0 Å². The number of nitrogens with zero attached hydrogens (tertiary/aromatic N) is 3. The molecule has 0 radical (unpaired) electrons. The van der Waals surface area contributed by atoms with Crippen LogP contribution in [-0.4, -0.2) is 68.3 Å². The fourth-order valence-corrected chi connectivity index (χ4v) is 2.07. The number of likely N-dealkylation sites (N-methyl/N-ethyl adjacent to an activating group) is 1. The third-order valence-electron chi connectivity index (χ3n) is 2.93. The Balaban J connectivity index is 2.38. The molecule has 1 heterocycles. The van der Waals surface area contributed by atoms with Crippen molar-refractivity contribution in [3.63, 3.8) is 0 Å². The van der Waals surface area contributed by atoms with E-state index in [1.165, 1.54) is 11.9 Å². The standard InChI is InChI=1S/C12H23F3N4/c1-3-16-11(19-7-4-5-8-19)17-6-9-18(2)10-12(13,14)15/h3-10H2,1-2H3,(H,16,17). The van der Waals surface area contributed by atoms with E-state index in [1.807, 2.05) is 6.92 Å². The minimum Gasteiger partial charge on any atom is -0.357 e. The predicted octanol–water partition coefficient (Wildman–Crippen LogP) is 1.54. The Labute approximate surface area is 112 Å². The van der Waals surface area contributed by atoms with Crippen molar-refractivity contribution < 1.29 is 13.2 Å². The average molecular weight is 280 g/mol. The minimum atomic E-state index is -4.14. The van der Waals surface area contributed by atoms with Crippen molar-refractivity contribution in [2.75, 3.05) is 46.3 Å². The Morgan fingerprint density at radius 1 is 1.32 bits per heavy atom. The molecule has 1 saturated heterocycles. The predicted molar refractivity (Wildman–Crippen MR) is 70.3 cm³/mol. The Morgan fingerprint density at radius 3 is 2.47 bits per heavy atom. The molecular weight excluding hydrogens is 257 g/mol. The van der Waals surface area contributed by atoms with Crippen LogP contribution < -0.4 is 5.32 Å². The van der Waals surface area contributed by atoms with Gasteiger partial charge in [-0.1, -0.05) is 0 Å². The van der Waals surface area contributed by atoms with E-state index < -0.39 is 12.7 Å². The van der Waals surface area contributed by atoms with Gasteiger partial charge in [-0.15, -0.1) is 0 Å². The summed E-state index contributed by atoms with van der Waals surface area (Å²) in [6, 6.07) is 0. The van der Waals surface area contributed by atoms with Gasteiger partial charge in [0.15, 0.2) is 5.96 Å². The zero-order chi connectivity index (χ0) is 14.3. The molecule has 4 nitrogen and oxygen atoms in total. The molecule has 0 aromatic rings. The molecule has 7 heteroatoms. The van der Waals surface area contributed by atoms with Gasteiger partial charge in [0.1, 0.15) is 0 Å². The molecule has 1 fully saturated rings. The molecule has 0 unspecified atom stereocenters. The maximum atomic E-state index is 12.2. The topological polar surface area (TPSA) is 30.9 Å². The summed E-state index contributed by atoms with van der Waals surface area (Å²) in [6.07, 6.45) is -1.84. The highest BCUT2D eigenvalue weighted by Crippen LogP contribution is 2.15. The second-order valence-electron chi connectivity index (χ2n) is 4.78. The van der Waals surface area contributed by atoms with E-state index in [9.17, 15) is 13.2 Å². The first-order chi connectivity index (χ1) is 8.92. The molecule has 0 aromatic heterocycles. The van der Waals surface area contributed by atoms with Crippen LogP contribution in [0.2, 0.25) is 0 Å². The molecular formula is C12H23F3N4. The molecule has 0 saturated carbocycles. The third-order valence-corrected chi connectivity index (χ3v) is 2.93. The van der Waals surface area contributed by atoms with Gasteiger partial charge in [-0.25, -0.2) is 0 Å². The normalized spacial score (nSPS) is 17.4. The van der Waals surface area contributed by atoms with Gasteiger partial charge in [0.2, 0.25) is 0 Å². The van der Waals surface area contributed by atoms with Crippen molar-refractivity contribution >= 4 is 5.96 Å². The van der Waals surface area contributed by atoms with Gasteiger partial charge in [-0.2, -0.15) is 13.2 Å². The molecule has 1 aliphatic rings. The lowest BCUT2D eigenvalue weighted by Crippen LogP contribution is -2.40. The van der Waals surface area contributed by atoms with Crippen LogP contribution in [-0.2, 0) is 0 Å². The number of nitrogens with one attached hydrogen (secondary N) is 1. The van der Waals surface area contributed by atoms with Crippen LogP contribution in [0.25, 0.3) is 0 Å². The quantitative estimate of drug-likeness (QED) is 0.612. The summed E-state index contributed by atoms with van der Waals surface area (Å²) in [7, 11) is 1.46. The number of halogens is 3. The van der Waals surface area contributed by atoms with E-state index in [4.69, 9.17) is 0 Å². The molecule has 19 heavy (non-hydrogen) atoms. The summed E-state index contributed by atoms with van der Waals surface area (Å²) in [5, 5.41) is 3.18. The van der Waals surface area contributed by atoms with Crippen LogP contribution in [0, 0.1) is 0 Å². The van der Waals surface area contributed by atoms with Gasteiger partial charge >= 0.3 is 6.18 Å². The maximum Gasteiger partial charge on any atom is 0.401 e. The van der Waals surface area contributed by atoms with Gasteiger partial charge < -0.3 is 10.2 Å². The van der Waals surface area contributed by atoms with Crippen molar-refractivity contribution in [2.24, 2.45) is 4.99 Å². The zero-order valence-corrected chi connectivity index (χ0v) is 11.6. The fraction of sp³-hybridized carbons (Fsp3) is 0.917. The van der Waals surface area contributed by atoms with E-state index >= 15 is 0 Å². The second-order valence-corrected chi connectivity index (χ2v) is 4.78. The number of aliphatic imine (C=N–C) groups is 1. The van der Waals surface area contributed by atoms with Gasteiger partial charge in [-0.3, -0.25) is 9.89 Å². The van der Waals surface area contributed by atoms with Crippen LogP contribution in [0.5, 0.6) is 0 Å². The van der Waals surface area contributed by atoms with Crippen molar-refractivity contribution in [2.45, 2.75) is 25.9 Å². The lowest BCUT2D eigenvalue weighted by atomic mass is 10.4.